The maximum atomic E-state index is 10.9. The van der Waals surface area contributed by atoms with Gasteiger partial charge in [0.2, 0.25) is 0 Å². The molecule has 0 fully saturated rings. The lowest BCUT2D eigenvalue weighted by molar-refractivity contribution is -0.116. The van der Waals surface area contributed by atoms with E-state index in [0.717, 1.165) is 24.0 Å². The van der Waals surface area contributed by atoms with Crippen molar-refractivity contribution >= 4 is 17.4 Å². The first-order valence-electron chi connectivity index (χ1n) is 5.83. The number of hydrogen-bond acceptors (Lipinski definition) is 5. The summed E-state index contributed by atoms with van der Waals surface area (Å²) >= 11 is 0. The van der Waals surface area contributed by atoms with Gasteiger partial charge in [0.05, 0.1) is 0 Å². The van der Waals surface area contributed by atoms with Gasteiger partial charge in [0, 0.05) is 32.6 Å². The van der Waals surface area contributed by atoms with Crippen molar-refractivity contribution in [3.8, 4) is 0 Å². The first-order chi connectivity index (χ1) is 8.02. The van der Waals surface area contributed by atoms with Gasteiger partial charge in [0.15, 0.2) is 0 Å². The smallest absolute Gasteiger partial charge is 0.134 e. The third kappa shape index (κ3) is 4.38. The summed E-state index contributed by atoms with van der Waals surface area (Å²) in [5, 5.41) is 3.16. The number of hydrogen-bond donors (Lipinski definition) is 1. The Hall–Kier alpha value is -1.65. The number of ketones is 1. The van der Waals surface area contributed by atoms with E-state index in [0.29, 0.717) is 13.0 Å². The molecule has 0 aromatic carbocycles. The summed E-state index contributed by atoms with van der Waals surface area (Å²) in [5.41, 5.74) is 0. The fraction of sp³-hybridized carbons (Fsp3) is 0.583. The third-order valence-corrected chi connectivity index (χ3v) is 2.37. The number of nitrogens with zero attached hydrogens (tertiary/aromatic N) is 3. The minimum atomic E-state index is 0.189. The first-order valence-corrected chi connectivity index (χ1v) is 5.83. The largest absolute Gasteiger partial charge is 0.370 e. The van der Waals surface area contributed by atoms with E-state index in [2.05, 4.69) is 15.3 Å². The zero-order valence-electron chi connectivity index (χ0n) is 10.9. The maximum Gasteiger partial charge on any atom is 0.134 e. The lowest BCUT2D eigenvalue weighted by Gasteiger charge is -2.18. The highest BCUT2D eigenvalue weighted by Crippen LogP contribution is 2.14. The molecule has 0 radical (unpaired) electrons. The van der Waals surface area contributed by atoms with Crippen molar-refractivity contribution in [1.82, 2.24) is 9.97 Å². The summed E-state index contributed by atoms with van der Waals surface area (Å²) < 4.78 is 0. The van der Waals surface area contributed by atoms with Gasteiger partial charge in [0.25, 0.3) is 0 Å². The second-order valence-electron chi connectivity index (χ2n) is 4.06. The quantitative estimate of drug-likeness (QED) is 0.813. The van der Waals surface area contributed by atoms with E-state index < -0.39 is 0 Å². The lowest BCUT2D eigenvalue weighted by atomic mass is 10.3. The van der Waals surface area contributed by atoms with Gasteiger partial charge in [-0.25, -0.2) is 9.97 Å². The number of carbonyl (C=O) groups excluding carboxylic acids is 1. The molecular formula is C12H20N4O. The second kappa shape index (κ2) is 6.18. The Bertz CT molecular complexity index is 392. The molecule has 1 heterocycles. The van der Waals surface area contributed by atoms with E-state index in [-0.39, 0.29) is 5.78 Å². The average molecular weight is 236 g/mol. The normalized spacial score (nSPS) is 10.1. The van der Waals surface area contributed by atoms with Gasteiger partial charge < -0.3 is 10.2 Å². The highest BCUT2D eigenvalue weighted by atomic mass is 16.1. The van der Waals surface area contributed by atoms with E-state index in [1.54, 1.807) is 6.92 Å². The van der Waals surface area contributed by atoms with Gasteiger partial charge in [-0.15, -0.1) is 0 Å². The van der Waals surface area contributed by atoms with Crippen molar-refractivity contribution in [1.29, 1.82) is 0 Å². The molecule has 1 aromatic rings. The second-order valence-corrected chi connectivity index (χ2v) is 4.06. The van der Waals surface area contributed by atoms with Crippen LogP contribution in [0.3, 0.4) is 0 Å². The molecule has 1 N–H and O–H groups in total. The van der Waals surface area contributed by atoms with Gasteiger partial charge in [-0.2, -0.15) is 0 Å². The van der Waals surface area contributed by atoms with Crippen LogP contribution in [-0.2, 0) is 4.79 Å². The van der Waals surface area contributed by atoms with Crippen LogP contribution >= 0.6 is 0 Å². The van der Waals surface area contributed by atoms with Crippen molar-refractivity contribution in [3.05, 3.63) is 11.9 Å². The molecule has 0 aliphatic heterocycles. The van der Waals surface area contributed by atoms with E-state index >= 15 is 0 Å². The summed E-state index contributed by atoms with van der Waals surface area (Å²) in [5.74, 6) is 2.59. The van der Waals surface area contributed by atoms with Crippen molar-refractivity contribution < 1.29 is 4.79 Å². The van der Waals surface area contributed by atoms with Gasteiger partial charge in [-0.1, -0.05) is 0 Å². The summed E-state index contributed by atoms with van der Waals surface area (Å²) in [7, 11) is 1.93. The van der Waals surface area contributed by atoms with Gasteiger partial charge in [-0.05, 0) is 20.8 Å². The lowest BCUT2D eigenvalue weighted by Crippen LogP contribution is -2.22. The van der Waals surface area contributed by atoms with Crippen molar-refractivity contribution in [2.24, 2.45) is 0 Å². The molecule has 0 aliphatic rings. The Morgan fingerprint density at radius 2 is 2.18 bits per heavy atom. The van der Waals surface area contributed by atoms with Crippen molar-refractivity contribution in [3.63, 3.8) is 0 Å². The van der Waals surface area contributed by atoms with E-state index in [9.17, 15) is 4.79 Å². The maximum absolute atomic E-state index is 10.9. The van der Waals surface area contributed by atoms with Crippen LogP contribution in [0.4, 0.5) is 11.6 Å². The Kier molecular flexibility index (Phi) is 4.87. The molecule has 0 saturated carbocycles. The van der Waals surface area contributed by atoms with Crippen molar-refractivity contribution in [2.45, 2.75) is 27.2 Å². The van der Waals surface area contributed by atoms with Gasteiger partial charge in [0.1, 0.15) is 23.2 Å². The molecule has 0 spiro atoms. The topological polar surface area (TPSA) is 58.1 Å². The monoisotopic (exact) mass is 236 g/mol. The predicted molar refractivity (Wildman–Crippen MR) is 69.5 cm³/mol. The van der Waals surface area contributed by atoms with Gasteiger partial charge >= 0.3 is 0 Å². The number of carbonyl (C=O) groups is 1. The zero-order chi connectivity index (χ0) is 12.8. The van der Waals surface area contributed by atoms with E-state index in [1.165, 1.54) is 0 Å². The molecule has 0 bridgehead atoms. The molecule has 94 valence electrons. The van der Waals surface area contributed by atoms with E-state index in [1.807, 2.05) is 31.9 Å². The first kappa shape index (κ1) is 13.4. The Balaban J connectivity index is 2.77. The molecule has 1 aromatic heterocycles. The van der Waals surface area contributed by atoms with Crippen LogP contribution in [0.15, 0.2) is 6.07 Å². The average Bonchev–Trinajstić information content (AvgIpc) is 2.25. The molecule has 17 heavy (non-hydrogen) atoms. The molecular weight excluding hydrogens is 216 g/mol. The minimum Gasteiger partial charge on any atom is -0.370 e. The minimum absolute atomic E-state index is 0.189. The molecule has 0 aliphatic carbocycles. The summed E-state index contributed by atoms with van der Waals surface area (Å²) in [6.45, 7) is 6.99. The molecule has 0 atom stereocenters. The SMILES string of the molecule is CCNc1cc(N(C)CCC(C)=O)nc(C)n1. The number of rotatable bonds is 6. The Labute approximate surface area is 102 Å². The predicted octanol–water partition coefficient (Wildman–Crippen LogP) is 1.63. The molecule has 5 nitrogen and oxygen atoms in total. The number of Topliss-reactive ketones (excluding diaryl/α,β-unsaturated/α-hetero) is 1. The number of nitrogens with one attached hydrogen (secondary N) is 1. The highest BCUT2D eigenvalue weighted by Gasteiger charge is 2.07. The van der Waals surface area contributed by atoms with Crippen LogP contribution in [0.1, 0.15) is 26.1 Å². The standard InChI is InChI=1S/C12H20N4O/c1-5-13-11-8-12(15-10(3)14-11)16(4)7-6-9(2)17/h8H,5-7H2,1-4H3,(H,13,14,15). The summed E-state index contributed by atoms with van der Waals surface area (Å²) in [4.78, 5) is 21.6. The van der Waals surface area contributed by atoms with E-state index in [4.69, 9.17) is 0 Å². The van der Waals surface area contributed by atoms with Crippen LogP contribution in [0, 0.1) is 6.92 Å². The van der Waals surface area contributed by atoms with Crippen LogP contribution in [-0.4, -0.2) is 35.9 Å². The molecule has 1 rings (SSSR count). The summed E-state index contributed by atoms with van der Waals surface area (Å²) in [6.07, 6.45) is 0.538. The summed E-state index contributed by atoms with van der Waals surface area (Å²) in [6, 6.07) is 1.90. The fourth-order valence-electron chi connectivity index (χ4n) is 1.46. The number of aromatic nitrogens is 2. The fourth-order valence-corrected chi connectivity index (χ4v) is 1.46. The van der Waals surface area contributed by atoms with Crippen LogP contribution in [0.25, 0.3) is 0 Å². The Morgan fingerprint density at radius 3 is 2.76 bits per heavy atom. The van der Waals surface area contributed by atoms with Crippen LogP contribution in [0.5, 0.6) is 0 Å². The Morgan fingerprint density at radius 1 is 1.47 bits per heavy atom. The zero-order valence-corrected chi connectivity index (χ0v) is 10.9. The number of aryl methyl sites for hydroxylation is 1. The third-order valence-electron chi connectivity index (χ3n) is 2.37. The van der Waals surface area contributed by atoms with Gasteiger partial charge in [-0.3, -0.25) is 4.79 Å². The molecule has 0 unspecified atom stereocenters. The van der Waals surface area contributed by atoms with Crippen LogP contribution in [0.2, 0.25) is 0 Å². The highest BCUT2D eigenvalue weighted by molar-refractivity contribution is 5.76. The number of anilines is 2. The van der Waals surface area contributed by atoms with Crippen LogP contribution < -0.4 is 10.2 Å². The molecule has 0 amide bonds. The molecule has 5 heteroatoms. The van der Waals surface area contributed by atoms with Crippen molar-refractivity contribution in [2.75, 3.05) is 30.4 Å². The molecule has 0 saturated heterocycles.